The summed E-state index contributed by atoms with van der Waals surface area (Å²) in [6.45, 7) is 12.4. The van der Waals surface area contributed by atoms with Crippen LogP contribution in [0.15, 0.2) is 61.4 Å². The number of nitro groups is 1. The van der Waals surface area contributed by atoms with Crippen molar-refractivity contribution in [3.05, 3.63) is 71.5 Å². The van der Waals surface area contributed by atoms with E-state index < -0.39 is 25.5 Å². The van der Waals surface area contributed by atoms with Crippen LogP contribution in [-0.2, 0) is 14.1 Å². The molecule has 0 spiro atoms. The Hall–Kier alpha value is -2.70. The Labute approximate surface area is 159 Å². The highest BCUT2D eigenvalue weighted by atomic mass is 31.2. The highest BCUT2D eigenvalue weighted by Gasteiger charge is 2.25. The molecule has 0 radical (unpaired) electrons. The van der Waals surface area contributed by atoms with Crippen LogP contribution in [0.25, 0.3) is 0 Å². The van der Waals surface area contributed by atoms with E-state index in [4.69, 9.17) is 13.8 Å². The molecule has 0 heterocycles. The summed E-state index contributed by atoms with van der Waals surface area (Å²) in [6, 6.07) is 4.81. The summed E-state index contributed by atoms with van der Waals surface area (Å²) in [7, 11) is -1.82. The molecule has 0 bridgehead atoms. The maximum atomic E-state index is 12.0. The topological polar surface area (TPSA) is 99.9 Å². The van der Waals surface area contributed by atoms with Gasteiger partial charge < -0.3 is 13.8 Å². The monoisotopic (exact) mass is 394 g/mol. The van der Waals surface area contributed by atoms with E-state index in [0.29, 0.717) is 11.5 Å². The summed E-state index contributed by atoms with van der Waals surface area (Å²) >= 11 is 0. The molecule has 1 N–H and O–H groups in total. The maximum absolute atomic E-state index is 12.0. The molecule has 1 rings (SSSR count). The minimum Gasteiger partial charge on any atom is -0.462 e. The number of hydrogen-bond donors (Lipinski definition) is 1. The molecule has 0 aliphatic heterocycles. The second kappa shape index (κ2) is 11.1. The summed E-state index contributed by atoms with van der Waals surface area (Å²) in [6.07, 6.45) is 4.32. The van der Waals surface area contributed by atoms with Crippen LogP contribution in [0.1, 0.15) is 20.8 Å². The van der Waals surface area contributed by atoms with Crippen molar-refractivity contribution in [3.8, 4) is 5.75 Å². The van der Waals surface area contributed by atoms with Crippen molar-refractivity contribution in [3.63, 3.8) is 0 Å². The summed E-state index contributed by atoms with van der Waals surface area (Å²) in [5.41, 5.74) is -0.0623. The highest BCUT2D eigenvalue weighted by molar-refractivity contribution is 7.45. The van der Waals surface area contributed by atoms with Crippen LogP contribution in [0, 0.1) is 10.1 Å². The molecule has 27 heavy (non-hydrogen) atoms. The minimum atomic E-state index is -1.82. The van der Waals surface area contributed by atoms with E-state index >= 15 is 0 Å². The molecule has 8 nitrogen and oxygen atoms in total. The lowest BCUT2D eigenvalue weighted by Gasteiger charge is -2.22. The Morgan fingerprint density at radius 2 is 1.89 bits per heavy atom. The van der Waals surface area contributed by atoms with Crippen LogP contribution in [0.3, 0.4) is 0 Å². The molecular formula is C18H23N2O6P. The molecule has 2 atom stereocenters. The molecule has 1 aromatic carbocycles. The number of benzene rings is 1. The van der Waals surface area contributed by atoms with Crippen molar-refractivity contribution in [1.29, 1.82) is 0 Å². The average molecular weight is 394 g/mol. The third kappa shape index (κ3) is 8.02. The SMILES string of the molecule is C=C/C=C(\C=C)OP(NC(C)C(=O)OC(C)C)Oc1ccc([N+](=O)[O-])cc1. The second-order valence-corrected chi connectivity index (χ2v) is 6.67. The number of carbonyl (C=O) groups is 1. The first kappa shape index (κ1) is 22.3. The minimum absolute atomic E-state index is 0.0623. The summed E-state index contributed by atoms with van der Waals surface area (Å²) in [5.74, 6) is 0.266. The molecule has 1 aromatic rings. The fraction of sp³-hybridized carbons (Fsp3) is 0.278. The van der Waals surface area contributed by atoms with Crippen molar-refractivity contribution in [2.45, 2.75) is 32.9 Å². The molecule has 0 amide bonds. The van der Waals surface area contributed by atoms with E-state index in [-0.39, 0.29) is 11.8 Å². The van der Waals surface area contributed by atoms with Gasteiger partial charge in [0.25, 0.3) is 5.69 Å². The molecule has 9 heteroatoms. The Balaban J connectivity index is 2.94. The summed E-state index contributed by atoms with van der Waals surface area (Å²) in [5, 5.41) is 13.7. The van der Waals surface area contributed by atoms with Gasteiger partial charge in [-0.3, -0.25) is 14.9 Å². The van der Waals surface area contributed by atoms with Crippen molar-refractivity contribution < 1.29 is 23.5 Å². The van der Waals surface area contributed by atoms with E-state index in [2.05, 4.69) is 18.2 Å². The lowest BCUT2D eigenvalue weighted by atomic mass is 10.3. The number of non-ortho nitro benzene ring substituents is 1. The third-order valence-corrected chi connectivity index (χ3v) is 4.26. The van der Waals surface area contributed by atoms with E-state index in [9.17, 15) is 14.9 Å². The van der Waals surface area contributed by atoms with Crippen molar-refractivity contribution in [2.24, 2.45) is 0 Å². The Kier molecular flexibility index (Phi) is 9.19. The van der Waals surface area contributed by atoms with E-state index in [1.54, 1.807) is 26.8 Å². The van der Waals surface area contributed by atoms with Gasteiger partial charge >= 0.3 is 14.5 Å². The predicted octanol–water partition coefficient (Wildman–Crippen LogP) is 4.40. The third-order valence-electron chi connectivity index (χ3n) is 2.91. The van der Waals surface area contributed by atoms with E-state index in [1.807, 2.05) is 0 Å². The fourth-order valence-corrected chi connectivity index (χ4v) is 2.89. The second-order valence-electron chi connectivity index (χ2n) is 5.54. The number of esters is 1. The van der Waals surface area contributed by atoms with Gasteiger partial charge in [0.1, 0.15) is 17.6 Å². The van der Waals surface area contributed by atoms with Gasteiger partial charge in [0.15, 0.2) is 0 Å². The molecule has 0 aliphatic rings. The lowest BCUT2D eigenvalue weighted by molar-refractivity contribution is -0.384. The van der Waals surface area contributed by atoms with Gasteiger partial charge in [0.05, 0.1) is 11.0 Å². The van der Waals surface area contributed by atoms with Gasteiger partial charge in [0.2, 0.25) is 0 Å². The first-order chi connectivity index (χ1) is 12.8. The van der Waals surface area contributed by atoms with Crippen LogP contribution in [0.5, 0.6) is 5.75 Å². The van der Waals surface area contributed by atoms with Crippen LogP contribution in [-0.4, -0.2) is 23.0 Å². The van der Waals surface area contributed by atoms with Gasteiger partial charge in [-0.15, -0.1) is 0 Å². The molecule has 0 fully saturated rings. The van der Waals surface area contributed by atoms with Gasteiger partial charge in [-0.2, -0.15) is 0 Å². The number of allylic oxidation sites excluding steroid dienone is 3. The highest BCUT2D eigenvalue weighted by Crippen LogP contribution is 2.39. The Bertz CT molecular complexity index is 702. The zero-order chi connectivity index (χ0) is 20.4. The molecule has 2 unspecified atom stereocenters. The predicted molar refractivity (Wildman–Crippen MR) is 104 cm³/mol. The first-order valence-electron chi connectivity index (χ1n) is 8.09. The number of nitro benzene ring substituents is 1. The summed E-state index contributed by atoms with van der Waals surface area (Å²) in [4.78, 5) is 22.3. The number of rotatable bonds is 11. The molecular weight excluding hydrogens is 371 g/mol. The fourth-order valence-electron chi connectivity index (χ4n) is 1.69. The maximum Gasteiger partial charge on any atom is 0.382 e. The van der Waals surface area contributed by atoms with Gasteiger partial charge in [-0.25, -0.2) is 5.09 Å². The number of nitrogens with zero attached hydrogens (tertiary/aromatic N) is 1. The largest absolute Gasteiger partial charge is 0.462 e. The zero-order valence-corrected chi connectivity index (χ0v) is 16.3. The van der Waals surface area contributed by atoms with Crippen LogP contribution in [0.4, 0.5) is 5.69 Å². The number of nitrogens with one attached hydrogen (secondary N) is 1. The standard InChI is InChI=1S/C18H23N2O6P/c1-6-8-16(7-2)25-27(19-14(5)18(21)24-13(3)4)26-17-11-9-15(10-12-17)20(22)23/h6-14,19H,1-2H2,3-5H3/b16-8+. The number of hydrogen-bond acceptors (Lipinski definition) is 7. The molecule has 146 valence electrons. The van der Waals surface area contributed by atoms with Gasteiger partial charge in [-0.1, -0.05) is 19.2 Å². The Morgan fingerprint density at radius 3 is 2.37 bits per heavy atom. The van der Waals surface area contributed by atoms with Crippen LogP contribution >= 0.6 is 8.53 Å². The zero-order valence-electron chi connectivity index (χ0n) is 15.5. The van der Waals surface area contributed by atoms with Crippen molar-refractivity contribution >= 4 is 20.2 Å². The van der Waals surface area contributed by atoms with Crippen LogP contribution in [0.2, 0.25) is 0 Å². The normalized spacial score (nSPS) is 13.4. The summed E-state index contributed by atoms with van der Waals surface area (Å²) < 4.78 is 16.6. The van der Waals surface area contributed by atoms with E-state index in [1.165, 1.54) is 36.4 Å². The molecule has 0 saturated carbocycles. The van der Waals surface area contributed by atoms with Gasteiger partial charge in [0, 0.05) is 12.1 Å². The van der Waals surface area contributed by atoms with E-state index in [0.717, 1.165) is 0 Å². The quantitative estimate of drug-likeness (QED) is 0.148. The molecule has 0 aromatic heterocycles. The van der Waals surface area contributed by atoms with Crippen molar-refractivity contribution in [2.75, 3.05) is 0 Å². The average Bonchev–Trinajstić information content (AvgIpc) is 2.60. The molecule has 0 aliphatic carbocycles. The lowest BCUT2D eigenvalue weighted by Crippen LogP contribution is -2.34. The van der Waals surface area contributed by atoms with Crippen molar-refractivity contribution in [1.82, 2.24) is 5.09 Å². The van der Waals surface area contributed by atoms with Gasteiger partial charge in [-0.05, 0) is 45.1 Å². The Morgan fingerprint density at radius 1 is 1.26 bits per heavy atom. The number of carbonyl (C=O) groups excluding carboxylic acids is 1. The molecule has 0 saturated heterocycles. The first-order valence-corrected chi connectivity index (χ1v) is 9.27. The van der Waals surface area contributed by atoms with Crippen LogP contribution < -0.4 is 9.61 Å². The smallest absolute Gasteiger partial charge is 0.382 e. The number of ether oxygens (including phenoxy) is 1.